The van der Waals surface area contributed by atoms with Gasteiger partial charge in [-0.1, -0.05) is 32.0 Å². The number of para-hydroxylation sites is 1. The van der Waals surface area contributed by atoms with E-state index < -0.39 is 9.84 Å². The summed E-state index contributed by atoms with van der Waals surface area (Å²) in [5, 5.41) is 3.95. The first kappa shape index (κ1) is 19.1. The van der Waals surface area contributed by atoms with E-state index in [1.165, 1.54) is 12.6 Å². The van der Waals surface area contributed by atoms with Crippen molar-refractivity contribution in [2.24, 2.45) is 5.92 Å². The molecule has 27 heavy (non-hydrogen) atoms. The van der Waals surface area contributed by atoms with E-state index in [-0.39, 0.29) is 4.90 Å². The first-order chi connectivity index (χ1) is 12.8. The van der Waals surface area contributed by atoms with Crippen LogP contribution in [-0.2, 0) is 16.4 Å². The fraction of sp³-hybridized carbons (Fsp3) is 0.300. The molecular formula is C20H23N3O3S. The van der Waals surface area contributed by atoms with Gasteiger partial charge in [-0.2, -0.15) is 0 Å². The van der Waals surface area contributed by atoms with Gasteiger partial charge in [-0.15, -0.1) is 0 Å². The average Bonchev–Trinajstić information content (AvgIpc) is 2.64. The number of rotatable bonds is 7. The summed E-state index contributed by atoms with van der Waals surface area (Å²) in [5.41, 5.74) is 1.69. The van der Waals surface area contributed by atoms with E-state index in [1.807, 2.05) is 24.3 Å². The molecule has 0 aliphatic heterocycles. The third-order valence-electron chi connectivity index (χ3n) is 4.03. The molecule has 0 saturated heterocycles. The molecule has 2 aromatic carbocycles. The van der Waals surface area contributed by atoms with Crippen LogP contribution in [0, 0.1) is 5.92 Å². The molecule has 0 fully saturated rings. The highest BCUT2D eigenvalue weighted by molar-refractivity contribution is 7.90. The molecule has 3 aromatic rings. The molecule has 7 heteroatoms. The lowest BCUT2D eigenvalue weighted by Crippen LogP contribution is -2.09. The molecule has 142 valence electrons. The zero-order valence-electron chi connectivity index (χ0n) is 15.6. The summed E-state index contributed by atoms with van der Waals surface area (Å²) in [6.45, 7) is 5.36. The van der Waals surface area contributed by atoms with Gasteiger partial charge in [0.05, 0.1) is 17.0 Å². The molecule has 0 bridgehead atoms. The minimum absolute atomic E-state index is 0.244. The molecule has 0 aliphatic rings. The summed E-state index contributed by atoms with van der Waals surface area (Å²) < 4.78 is 29.6. The number of sulfone groups is 1. The van der Waals surface area contributed by atoms with Crippen LogP contribution >= 0.6 is 0 Å². The van der Waals surface area contributed by atoms with Crippen LogP contribution < -0.4 is 10.1 Å². The normalized spacial score (nSPS) is 11.7. The van der Waals surface area contributed by atoms with Crippen molar-refractivity contribution in [2.75, 3.05) is 18.2 Å². The van der Waals surface area contributed by atoms with Crippen molar-refractivity contribution in [1.29, 1.82) is 0 Å². The second kappa shape index (κ2) is 7.92. The maximum atomic E-state index is 11.9. The third kappa shape index (κ3) is 4.74. The van der Waals surface area contributed by atoms with Gasteiger partial charge < -0.3 is 10.1 Å². The molecule has 0 amide bonds. The number of anilines is 1. The topological polar surface area (TPSA) is 81.2 Å². The molecular weight excluding hydrogens is 362 g/mol. The summed E-state index contributed by atoms with van der Waals surface area (Å²) in [4.78, 5) is 8.75. The molecule has 0 radical (unpaired) electrons. The summed E-state index contributed by atoms with van der Waals surface area (Å²) in [6.07, 6.45) is 2.65. The average molecular weight is 385 g/mol. The molecule has 6 nitrogen and oxygen atoms in total. The minimum Gasteiger partial charge on any atom is -0.493 e. The van der Waals surface area contributed by atoms with E-state index in [0.717, 1.165) is 11.3 Å². The van der Waals surface area contributed by atoms with Gasteiger partial charge in [0.1, 0.15) is 17.9 Å². The van der Waals surface area contributed by atoms with Crippen molar-refractivity contribution >= 4 is 26.6 Å². The van der Waals surface area contributed by atoms with Gasteiger partial charge >= 0.3 is 0 Å². The Morgan fingerprint density at radius 2 is 1.89 bits per heavy atom. The van der Waals surface area contributed by atoms with Gasteiger partial charge in [-0.3, -0.25) is 0 Å². The van der Waals surface area contributed by atoms with Gasteiger partial charge in [0.15, 0.2) is 9.84 Å². The van der Waals surface area contributed by atoms with Crippen LogP contribution in [-0.4, -0.2) is 31.2 Å². The number of nitrogens with zero attached hydrogens (tertiary/aromatic N) is 2. The van der Waals surface area contributed by atoms with Crippen molar-refractivity contribution in [3.63, 3.8) is 0 Å². The maximum absolute atomic E-state index is 11.9. The number of hydrogen-bond acceptors (Lipinski definition) is 6. The summed E-state index contributed by atoms with van der Waals surface area (Å²) in [7, 11) is -3.30. The standard InChI is InChI=1S/C20H23N3O3S/c1-14(2)12-26-19-7-5-4-6-15(19)11-21-20-17-10-16(27(3,24)25)8-9-18(17)22-13-23-20/h4-10,13-14H,11-12H2,1-3H3,(H,21,22,23). The quantitative estimate of drug-likeness (QED) is 0.668. The molecule has 1 aromatic heterocycles. The Labute approximate surface area is 159 Å². The lowest BCUT2D eigenvalue weighted by atomic mass is 10.2. The van der Waals surface area contributed by atoms with Crippen molar-refractivity contribution in [3.05, 3.63) is 54.4 Å². The Balaban J connectivity index is 1.88. The van der Waals surface area contributed by atoms with Gasteiger partial charge in [-0.25, -0.2) is 18.4 Å². The number of ether oxygens (including phenoxy) is 1. The summed E-state index contributed by atoms with van der Waals surface area (Å²) >= 11 is 0. The van der Waals surface area contributed by atoms with E-state index >= 15 is 0 Å². The van der Waals surface area contributed by atoms with E-state index in [9.17, 15) is 8.42 Å². The largest absolute Gasteiger partial charge is 0.493 e. The van der Waals surface area contributed by atoms with Gasteiger partial charge in [0.25, 0.3) is 0 Å². The van der Waals surface area contributed by atoms with Gasteiger partial charge in [-0.05, 0) is 30.2 Å². The molecule has 0 atom stereocenters. The number of nitrogens with one attached hydrogen (secondary N) is 1. The Kier molecular flexibility index (Phi) is 5.60. The second-order valence-electron chi connectivity index (χ2n) is 6.84. The zero-order valence-corrected chi connectivity index (χ0v) is 16.5. The Morgan fingerprint density at radius 1 is 1.11 bits per heavy atom. The highest BCUT2D eigenvalue weighted by Crippen LogP contribution is 2.25. The zero-order chi connectivity index (χ0) is 19.4. The molecule has 0 saturated carbocycles. The Hall–Kier alpha value is -2.67. The lowest BCUT2D eigenvalue weighted by molar-refractivity contribution is 0.269. The van der Waals surface area contributed by atoms with E-state index in [2.05, 4.69) is 29.1 Å². The first-order valence-corrected chi connectivity index (χ1v) is 10.6. The number of benzene rings is 2. The Bertz CT molecular complexity index is 1050. The third-order valence-corrected chi connectivity index (χ3v) is 5.14. The predicted octanol–water partition coefficient (Wildman–Crippen LogP) is 3.68. The van der Waals surface area contributed by atoms with Crippen molar-refractivity contribution < 1.29 is 13.2 Å². The van der Waals surface area contributed by atoms with E-state index in [0.29, 0.717) is 35.8 Å². The molecule has 0 spiro atoms. The predicted molar refractivity (Wildman–Crippen MR) is 107 cm³/mol. The Morgan fingerprint density at radius 3 is 2.63 bits per heavy atom. The highest BCUT2D eigenvalue weighted by atomic mass is 32.2. The van der Waals surface area contributed by atoms with Crippen molar-refractivity contribution in [2.45, 2.75) is 25.3 Å². The minimum atomic E-state index is -3.30. The molecule has 1 heterocycles. The van der Waals surface area contributed by atoms with Gasteiger partial charge in [0.2, 0.25) is 0 Å². The smallest absolute Gasteiger partial charge is 0.175 e. The molecule has 1 N–H and O–H groups in total. The van der Waals surface area contributed by atoms with Crippen LogP contribution in [0.3, 0.4) is 0 Å². The lowest BCUT2D eigenvalue weighted by Gasteiger charge is -2.14. The van der Waals surface area contributed by atoms with Crippen LogP contribution in [0.5, 0.6) is 5.75 Å². The second-order valence-corrected chi connectivity index (χ2v) is 8.86. The van der Waals surface area contributed by atoms with Crippen LogP contribution in [0.1, 0.15) is 19.4 Å². The van der Waals surface area contributed by atoms with E-state index in [1.54, 1.807) is 18.2 Å². The molecule has 3 rings (SSSR count). The number of hydrogen-bond donors (Lipinski definition) is 1. The van der Waals surface area contributed by atoms with Crippen LogP contribution in [0.15, 0.2) is 53.7 Å². The van der Waals surface area contributed by atoms with Crippen LogP contribution in [0.25, 0.3) is 10.9 Å². The molecule has 0 unspecified atom stereocenters. The summed E-state index contributed by atoms with van der Waals surface area (Å²) in [6, 6.07) is 12.7. The summed E-state index contributed by atoms with van der Waals surface area (Å²) in [5.74, 6) is 1.85. The monoisotopic (exact) mass is 385 g/mol. The number of fused-ring (bicyclic) bond motifs is 1. The fourth-order valence-electron chi connectivity index (χ4n) is 2.63. The van der Waals surface area contributed by atoms with E-state index in [4.69, 9.17) is 4.74 Å². The molecule has 0 aliphatic carbocycles. The fourth-order valence-corrected chi connectivity index (χ4v) is 3.28. The van der Waals surface area contributed by atoms with Crippen LogP contribution in [0.4, 0.5) is 5.82 Å². The number of aromatic nitrogens is 2. The maximum Gasteiger partial charge on any atom is 0.175 e. The van der Waals surface area contributed by atoms with Crippen molar-refractivity contribution in [3.8, 4) is 5.75 Å². The van der Waals surface area contributed by atoms with Crippen LogP contribution in [0.2, 0.25) is 0 Å². The first-order valence-electron chi connectivity index (χ1n) is 8.74. The van der Waals surface area contributed by atoms with Gasteiger partial charge in [0, 0.05) is 23.8 Å². The highest BCUT2D eigenvalue weighted by Gasteiger charge is 2.12. The van der Waals surface area contributed by atoms with Crippen molar-refractivity contribution in [1.82, 2.24) is 9.97 Å². The SMILES string of the molecule is CC(C)COc1ccccc1CNc1ncnc2ccc(S(C)(=O)=O)cc12.